The molecule has 0 saturated heterocycles. The van der Waals surface area contributed by atoms with Crippen LogP contribution in [0.4, 0.5) is 0 Å². The number of carbonyl (C=O) groups excluding carboxylic acids is 1. The standard InChI is InChI=1S/C18H23ClN4O2/c1-11(20-18(24)13-5-9-15(25-2)10-6-13)16-21-17(23-22-16)12-3-7-14(19)8-4-12/h3-4,7-8,11,13,15H,5-6,9-10H2,1-2H3,(H,20,24)(H,21,22,23). The molecule has 1 fully saturated rings. The molecule has 0 bridgehead atoms. The van der Waals surface area contributed by atoms with Crippen LogP contribution >= 0.6 is 11.6 Å². The molecule has 1 aromatic carbocycles. The monoisotopic (exact) mass is 362 g/mol. The third-order valence-corrected chi connectivity index (χ3v) is 5.00. The first kappa shape index (κ1) is 17.9. The Bertz CT molecular complexity index is 708. The van der Waals surface area contributed by atoms with Crippen LogP contribution in [0.3, 0.4) is 0 Å². The average molecular weight is 363 g/mol. The minimum Gasteiger partial charge on any atom is -0.381 e. The summed E-state index contributed by atoms with van der Waals surface area (Å²) in [7, 11) is 1.73. The van der Waals surface area contributed by atoms with Crippen molar-refractivity contribution in [3.63, 3.8) is 0 Å². The Hall–Kier alpha value is -1.92. The van der Waals surface area contributed by atoms with Gasteiger partial charge in [-0.2, -0.15) is 5.10 Å². The van der Waals surface area contributed by atoms with Crippen LogP contribution in [0.25, 0.3) is 11.4 Å². The van der Waals surface area contributed by atoms with Gasteiger partial charge in [0.25, 0.3) is 0 Å². The molecular formula is C18H23ClN4O2. The van der Waals surface area contributed by atoms with Crippen LogP contribution in [-0.2, 0) is 9.53 Å². The smallest absolute Gasteiger partial charge is 0.223 e. The average Bonchev–Trinajstić information content (AvgIpc) is 3.12. The van der Waals surface area contributed by atoms with Gasteiger partial charge in [0.2, 0.25) is 5.91 Å². The van der Waals surface area contributed by atoms with Crippen LogP contribution in [0, 0.1) is 5.92 Å². The molecular weight excluding hydrogens is 340 g/mol. The molecule has 25 heavy (non-hydrogen) atoms. The molecule has 2 N–H and O–H groups in total. The van der Waals surface area contributed by atoms with Gasteiger partial charge in [-0.25, -0.2) is 4.98 Å². The summed E-state index contributed by atoms with van der Waals surface area (Å²) in [6, 6.07) is 7.11. The summed E-state index contributed by atoms with van der Waals surface area (Å²) in [5.41, 5.74) is 0.878. The van der Waals surface area contributed by atoms with Crippen molar-refractivity contribution in [3.8, 4) is 11.4 Å². The zero-order valence-electron chi connectivity index (χ0n) is 14.5. The summed E-state index contributed by atoms with van der Waals surface area (Å²) in [5.74, 6) is 1.36. The number of aromatic nitrogens is 3. The molecule has 0 spiro atoms. The molecule has 134 valence electrons. The van der Waals surface area contributed by atoms with Crippen molar-refractivity contribution in [1.29, 1.82) is 0 Å². The first-order valence-corrected chi connectivity index (χ1v) is 8.96. The van der Waals surface area contributed by atoms with Crippen molar-refractivity contribution in [2.24, 2.45) is 5.92 Å². The van der Waals surface area contributed by atoms with E-state index in [-0.39, 0.29) is 24.0 Å². The Balaban J connectivity index is 1.59. The highest BCUT2D eigenvalue weighted by atomic mass is 35.5. The van der Waals surface area contributed by atoms with E-state index in [1.54, 1.807) is 19.2 Å². The number of amides is 1. The number of carbonyl (C=O) groups is 1. The van der Waals surface area contributed by atoms with E-state index < -0.39 is 0 Å². The van der Waals surface area contributed by atoms with Crippen LogP contribution in [0.1, 0.15) is 44.5 Å². The Morgan fingerprint density at radius 2 is 1.96 bits per heavy atom. The second-order valence-electron chi connectivity index (χ2n) is 6.49. The number of nitrogens with zero attached hydrogens (tertiary/aromatic N) is 2. The van der Waals surface area contributed by atoms with E-state index in [9.17, 15) is 4.79 Å². The van der Waals surface area contributed by atoms with Crippen LogP contribution < -0.4 is 5.32 Å². The van der Waals surface area contributed by atoms with Crippen LogP contribution in [-0.4, -0.2) is 34.3 Å². The van der Waals surface area contributed by atoms with Crippen molar-refractivity contribution in [2.45, 2.75) is 44.8 Å². The highest BCUT2D eigenvalue weighted by Crippen LogP contribution is 2.27. The van der Waals surface area contributed by atoms with Crippen molar-refractivity contribution in [3.05, 3.63) is 35.1 Å². The van der Waals surface area contributed by atoms with Crippen LogP contribution in [0.5, 0.6) is 0 Å². The van der Waals surface area contributed by atoms with Gasteiger partial charge in [-0.05, 0) is 56.9 Å². The Morgan fingerprint density at radius 1 is 1.28 bits per heavy atom. The number of rotatable bonds is 5. The molecule has 1 heterocycles. The lowest BCUT2D eigenvalue weighted by atomic mass is 9.86. The van der Waals surface area contributed by atoms with E-state index in [4.69, 9.17) is 16.3 Å². The number of hydrogen-bond donors (Lipinski definition) is 2. The van der Waals surface area contributed by atoms with Crippen LogP contribution in [0.15, 0.2) is 24.3 Å². The number of halogens is 1. The predicted molar refractivity (Wildman–Crippen MR) is 96.1 cm³/mol. The predicted octanol–water partition coefficient (Wildman–Crippen LogP) is 3.51. The summed E-state index contributed by atoms with van der Waals surface area (Å²) in [4.78, 5) is 17.0. The third kappa shape index (κ3) is 4.38. The normalized spacial score (nSPS) is 21.7. The highest BCUT2D eigenvalue weighted by molar-refractivity contribution is 6.30. The van der Waals surface area contributed by atoms with Gasteiger partial charge in [-0.3, -0.25) is 9.89 Å². The molecule has 3 rings (SSSR count). The van der Waals surface area contributed by atoms with Gasteiger partial charge >= 0.3 is 0 Å². The van der Waals surface area contributed by atoms with Gasteiger partial charge in [0.15, 0.2) is 5.82 Å². The first-order valence-electron chi connectivity index (χ1n) is 8.58. The number of methoxy groups -OCH3 is 1. The minimum atomic E-state index is -0.221. The number of hydrogen-bond acceptors (Lipinski definition) is 4. The molecule has 7 heteroatoms. The Labute approximate surface area is 152 Å². The summed E-state index contributed by atoms with van der Waals surface area (Å²) in [5, 5.41) is 10.9. The SMILES string of the molecule is COC1CCC(C(=O)NC(C)c2nc(-c3ccc(Cl)cc3)n[nH]2)CC1. The maximum absolute atomic E-state index is 12.5. The summed E-state index contributed by atoms with van der Waals surface area (Å²) in [6.07, 6.45) is 3.89. The van der Waals surface area contributed by atoms with E-state index in [0.29, 0.717) is 16.7 Å². The van der Waals surface area contributed by atoms with E-state index in [0.717, 1.165) is 31.2 Å². The quantitative estimate of drug-likeness (QED) is 0.853. The summed E-state index contributed by atoms with van der Waals surface area (Å²) >= 11 is 5.90. The molecule has 0 radical (unpaired) electrons. The maximum atomic E-state index is 12.5. The van der Waals surface area contributed by atoms with Crippen molar-refractivity contribution < 1.29 is 9.53 Å². The molecule has 1 amide bonds. The topological polar surface area (TPSA) is 79.9 Å². The largest absolute Gasteiger partial charge is 0.381 e. The molecule has 1 aliphatic rings. The number of ether oxygens (including phenoxy) is 1. The van der Waals surface area contributed by atoms with Gasteiger partial charge < -0.3 is 10.1 Å². The minimum absolute atomic E-state index is 0.0486. The van der Waals surface area contributed by atoms with Crippen molar-refractivity contribution >= 4 is 17.5 Å². The van der Waals surface area contributed by atoms with Gasteiger partial charge in [-0.15, -0.1) is 0 Å². The van der Waals surface area contributed by atoms with Crippen LogP contribution in [0.2, 0.25) is 5.02 Å². The lowest BCUT2D eigenvalue weighted by Gasteiger charge is -2.27. The molecule has 1 aliphatic carbocycles. The molecule has 1 aromatic heterocycles. The lowest BCUT2D eigenvalue weighted by molar-refractivity contribution is -0.127. The summed E-state index contributed by atoms with van der Waals surface area (Å²) < 4.78 is 5.36. The zero-order chi connectivity index (χ0) is 17.8. The fourth-order valence-electron chi connectivity index (χ4n) is 3.16. The maximum Gasteiger partial charge on any atom is 0.223 e. The molecule has 1 unspecified atom stereocenters. The van der Waals surface area contributed by atoms with Crippen molar-refractivity contribution in [2.75, 3.05) is 7.11 Å². The summed E-state index contributed by atoms with van der Waals surface area (Å²) in [6.45, 7) is 1.91. The van der Waals surface area contributed by atoms with E-state index in [1.165, 1.54) is 0 Å². The van der Waals surface area contributed by atoms with E-state index >= 15 is 0 Å². The highest BCUT2D eigenvalue weighted by Gasteiger charge is 2.27. The molecule has 1 atom stereocenters. The molecule has 6 nitrogen and oxygen atoms in total. The second-order valence-corrected chi connectivity index (χ2v) is 6.93. The second kappa shape index (κ2) is 7.97. The van der Waals surface area contributed by atoms with E-state index in [2.05, 4.69) is 20.5 Å². The van der Waals surface area contributed by atoms with Gasteiger partial charge in [0.05, 0.1) is 12.1 Å². The third-order valence-electron chi connectivity index (χ3n) is 4.75. The Morgan fingerprint density at radius 3 is 2.60 bits per heavy atom. The fourth-order valence-corrected chi connectivity index (χ4v) is 3.28. The molecule has 1 saturated carbocycles. The number of benzene rings is 1. The number of H-pyrrole nitrogens is 1. The van der Waals surface area contributed by atoms with E-state index in [1.807, 2.05) is 19.1 Å². The molecule has 2 aromatic rings. The Kier molecular flexibility index (Phi) is 5.71. The number of aromatic amines is 1. The first-order chi connectivity index (χ1) is 12.1. The number of nitrogens with one attached hydrogen (secondary N) is 2. The van der Waals surface area contributed by atoms with Gasteiger partial charge in [-0.1, -0.05) is 11.6 Å². The molecule has 0 aliphatic heterocycles. The fraction of sp³-hybridized carbons (Fsp3) is 0.500. The van der Waals surface area contributed by atoms with Crippen molar-refractivity contribution in [1.82, 2.24) is 20.5 Å². The zero-order valence-corrected chi connectivity index (χ0v) is 15.2. The lowest BCUT2D eigenvalue weighted by Crippen LogP contribution is -2.36. The van der Waals surface area contributed by atoms with Gasteiger partial charge in [0.1, 0.15) is 5.82 Å². The van der Waals surface area contributed by atoms with Gasteiger partial charge in [0, 0.05) is 23.6 Å².